The lowest BCUT2D eigenvalue weighted by Crippen LogP contribution is -1.95. The van der Waals surface area contributed by atoms with Crippen LogP contribution in [-0.4, -0.2) is 4.98 Å². The Morgan fingerprint density at radius 1 is 1.50 bits per heavy atom. The number of halogens is 5. The van der Waals surface area contributed by atoms with E-state index in [-0.39, 0.29) is 13.6 Å². The Bertz CT molecular complexity index is 305. The van der Waals surface area contributed by atoms with Crippen molar-refractivity contribution in [3.63, 3.8) is 0 Å². The van der Waals surface area contributed by atoms with E-state index >= 15 is 0 Å². The molecule has 1 aromatic heterocycles. The molecule has 1 rings (SSSR count). The van der Waals surface area contributed by atoms with Gasteiger partial charge in [-0.2, -0.15) is 4.39 Å². The minimum absolute atomic E-state index is 0.0744. The summed E-state index contributed by atoms with van der Waals surface area (Å²) in [4.78, 5) is 3.18. The normalized spacial score (nSPS) is 10.8. The maximum atomic E-state index is 12.6. The predicted octanol–water partition coefficient (Wildman–Crippen LogP) is 3.53. The van der Waals surface area contributed by atoms with Crippen molar-refractivity contribution in [2.45, 2.75) is 6.43 Å². The molecule has 0 N–H and O–H groups in total. The molecule has 0 spiro atoms. The third kappa shape index (κ3) is 1.90. The van der Waals surface area contributed by atoms with Crippen LogP contribution >= 0.6 is 38.5 Å². The van der Waals surface area contributed by atoms with Crippen LogP contribution in [0.2, 0.25) is 0 Å². The van der Waals surface area contributed by atoms with Crippen LogP contribution in [0.25, 0.3) is 0 Å². The second kappa shape index (κ2) is 3.91. The van der Waals surface area contributed by atoms with Crippen LogP contribution in [0, 0.1) is 9.52 Å². The number of pyridine rings is 1. The highest BCUT2D eigenvalue weighted by Gasteiger charge is 2.16. The highest BCUT2D eigenvalue weighted by molar-refractivity contribution is 14.1. The Morgan fingerprint density at radius 3 is 2.58 bits per heavy atom. The number of hydrogen-bond donors (Lipinski definition) is 0. The molecule has 0 radical (unpaired) electrons. The minimum atomic E-state index is -2.64. The third-order valence-corrected chi connectivity index (χ3v) is 3.76. The van der Waals surface area contributed by atoms with Gasteiger partial charge in [-0.25, -0.2) is 13.8 Å². The summed E-state index contributed by atoms with van der Waals surface area (Å²) in [6.45, 7) is 0. The molecule has 0 fully saturated rings. The van der Waals surface area contributed by atoms with Crippen molar-refractivity contribution in [3.05, 3.63) is 25.8 Å². The summed E-state index contributed by atoms with van der Waals surface area (Å²) in [6.07, 6.45) is -1.81. The van der Waals surface area contributed by atoms with Crippen molar-refractivity contribution < 1.29 is 13.2 Å². The first-order valence-electron chi connectivity index (χ1n) is 2.81. The molecule has 0 aliphatic carbocycles. The molecule has 0 unspecified atom stereocenters. The van der Waals surface area contributed by atoms with Crippen molar-refractivity contribution in [2.75, 3.05) is 0 Å². The molecule has 0 saturated carbocycles. The fraction of sp³-hybridized carbons (Fsp3) is 0.167. The zero-order valence-corrected chi connectivity index (χ0v) is 9.24. The molecule has 1 heterocycles. The molecule has 0 bridgehead atoms. The Kier molecular flexibility index (Phi) is 3.33. The van der Waals surface area contributed by atoms with E-state index in [2.05, 4.69) is 20.9 Å². The smallest absolute Gasteiger partial charge is 0.227 e. The zero-order chi connectivity index (χ0) is 9.30. The second-order valence-electron chi connectivity index (χ2n) is 1.93. The van der Waals surface area contributed by atoms with Gasteiger partial charge in [0.05, 0.1) is 9.13 Å². The monoisotopic (exact) mass is 351 g/mol. The SMILES string of the molecule is Fc1ncc(C(F)F)c(Br)c1I. The standard InChI is InChI=1S/C6H2BrF3IN/c7-3-2(5(8)9)1-12-6(10)4(3)11/h1,5H. The summed E-state index contributed by atoms with van der Waals surface area (Å²) in [7, 11) is 0. The van der Waals surface area contributed by atoms with Gasteiger partial charge < -0.3 is 0 Å². The quantitative estimate of drug-likeness (QED) is 0.557. The van der Waals surface area contributed by atoms with Crippen molar-refractivity contribution in [1.82, 2.24) is 4.98 Å². The van der Waals surface area contributed by atoms with Crippen LogP contribution in [0.3, 0.4) is 0 Å². The Labute approximate surface area is 88.6 Å². The van der Waals surface area contributed by atoms with E-state index in [1.54, 1.807) is 22.6 Å². The second-order valence-corrected chi connectivity index (χ2v) is 3.80. The number of hydrogen-bond acceptors (Lipinski definition) is 1. The van der Waals surface area contributed by atoms with Crippen LogP contribution in [0.1, 0.15) is 12.0 Å². The lowest BCUT2D eigenvalue weighted by Gasteiger charge is -2.03. The molecule has 0 aromatic carbocycles. The number of rotatable bonds is 1. The van der Waals surface area contributed by atoms with Crippen LogP contribution in [-0.2, 0) is 0 Å². The van der Waals surface area contributed by atoms with E-state index in [0.717, 1.165) is 6.20 Å². The Hall–Kier alpha value is 0.150. The molecule has 0 amide bonds. The fourth-order valence-electron chi connectivity index (χ4n) is 0.609. The molecule has 0 aliphatic rings. The van der Waals surface area contributed by atoms with Crippen molar-refractivity contribution >= 4 is 38.5 Å². The largest absolute Gasteiger partial charge is 0.266 e. The van der Waals surface area contributed by atoms with Crippen LogP contribution < -0.4 is 0 Å². The van der Waals surface area contributed by atoms with Gasteiger partial charge in [0.1, 0.15) is 0 Å². The van der Waals surface area contributed by atoms with Gasteiger partial charge in [-0.15, -0.1) is 0 Å². The molecule has 1 nitrogen and oxygen atoms in total. The van der Waals surface area contributed by atoms with Gasteiger partial charge in [0, 0.05) is 10.7 Å². The van der Waals surface area contributed by atoms with E-state index in [4.69, 9.17) is 0 Å². The fourth-order valence-corrected chi connectivity index (χ4v) is 1.50. The molecule has 6 heteroatoms. The first-order chi connectivity index (χ1) is 5.54. The Balaban J connectivity index is 3.27. The third-order valence-electron chi connectivity index (χ3n) is 1.18. The first-order valence-corrected chi connectivity index (χ1v) is 4.68. The summed E-state index contributed by atoms with van der Waals surface area (Å²) in [5.74, 6) is -0.744. The van der Waals surface area contributed by atoms with E-state index in [1.165, 1.54) is 0 Å². The number of aromatic nitrogens is 1. The van der Waals surface area contributed by atoms with Crippen molar-refractivity contribution in [3.8, 4) is 0 Å². The van der Waals surface area contributed by atoms with Crippen molar-refractivity contribution in [2.24, 2.45) is 0 Å². The summed E-state index contributed by atoms with van der Waals surface area (Å²) in [5, 5.41) is 0. The lowest BCUT2D eigenvalue weighted by atomic mass is 10.3. The molecule has 0 aliphatic heterocycles. The highest BCUT2D eigenvalue weighted by atomic mass is 127. The van der Waals surface area contributed by atoms with E-state index in [9.17, 15) is 13.2 Å². The molecule has 66 valence electrons. The average molecular weight is 352 g/mol. The molecule has 0 saturated heterocycles. The lowest BCUT2D eigenvalue weighted by molar-refractivity contribution is 0.149. The summed E-state index contributed by atoms with van der Waals surface area (Å²) >= 11 is 4.47. The summed E-state index contributed by atoms with van der Waals surface area (Å²) < 4.78 is 37.1. The van der Waals surface area contributed by atoms with E-state index < -0.39 is 12.4 Å². The zero-order valence-electron chi connectivity index (χ0n) is 5.49. The van der Waals surface area contributed by atoms with Crippen LogP contribution in [0.4, 0.5) is 13.2 Å². The maximum absolute atomic E-state index is 12.6. The highest BCUT2D eigenvalue weighted by Crippen LogP contribution is 2.30. The molecule has 0 atom stereocenters. The van der Waals surface area contributed by atoms with Gasteiger partial charge in [-0.1, -0.05) is 0 Å². The van der Waals surface area contributed by atoms with E-state index in [1.807, 2.05) is 0 Å². The summed E-state index contributed by atoms with van der Waals surface area (Å²) in [5.41, 5.74) is -0.291. The first kappa shape index (κ1) is 10.2. The molecule has 12 heavy (non-hydrogen) atoms. The predicted molar refractivity (Wildman–Crippen MR) is 49.6 cm³/mol. The summed E-state index contributed by atoms with van der Waals surface area (Å²) in [6, 6.07) is 0. The van der Waals surface area contributed by atoms with Crippen LogP contribution in [0.5, 0.6) is 0 Å². The van der Waals surface area contributed by atoms with Gasteiger partial charge in [-0.05, 0) is 38.5 Å². The van der Waals surface area contributed by atoms with Gasteiger partial charge in [0.2, 0.25) is 5.95 Å². The van der Waals surface area contributed by atoms with Gasteiger partial charge in [0.15, 0.2) is 0 Å². The molecular formula is C6H2BrF3IN. The number of nitrogens with zero attached hydrogens (tertiary/aromatic N) is 1. The Morgan fingerprint density at radius 2 is 2.08 bits per heavy atom. The van der Waals surface area contributed by atoms with Gasteiger partial charge in [0.25, 0.3) is 6.43 Å². The van der Waals surface area contributed by atoms with Gasteiger partial charge in [-0.3, -0.25) is 0 Å². The maximum Gasteiger partial charge on any atom is 0.266 e. The minimum Gasteiger partial charge on any atom is -0.227 e. The van der Waals surface area contributed by atoms with E-state index in [0.29, 0.717) is 0 Å². The topological polar surface area (TPSA) is 12.9 Å². The number of alkyl halides is 2. The molecule has 1 aromatic rings. The van der Waals surface area contributed by atoms with Gasteiger partial charge >= 0.3 is 0 Å². The van der Waals surface area contributed by atoms with Crippen LogP contribution in [0.15, 0.2) is 10.7 Å². The average Bonchev–Trinajstić information content (AvgIpc) is 2.00. The molecular weight excluding hydrogens is 350 g/mol. The van der Waals surface area contributed by atoms with Crippen molar-refractivity contribution in [1.29, 1.82) is 0 Å².